The summed E-state index contributed by atoms with van der Waals surface area (Å²) >= 11 is 0. The Morgan fingerprint density at radius 1 is 1.12 bits per heavy atom. The van der Waals surface area contributed by atoms with Gasteiger partial charge in [-0.15, -0.1) is 24.0 Å². The van der Waals surface area contributed by atoms with Gasteiger partial charge in [0.25, 0.3) is 0 Å². The molecule has 0 radical (unpaired) electrons. The molecule has 2 aromatic rings. The standard InChI is InChI=1S/C20H27N3O2.HI/c1-15(12-16-8-10-18(25-3)11-9-16)13-22-20(21)23-19-7-5-4-6-17(19)14-24-2;/h4-11,15H,12-14H2,1-3H3,(H3,21,22,23);1H. The highest BCUT2D eigenvalue weighted by Gasteiger charge is 2.06. The smallest absolute Gasteiger partial charge is 0.193 e. The molecule has 0 amide bonds. The number of ether oxygens (including phenoxy) is 2. The minimum Gasteiger partial charge on any atom is -0.497 e. The molecule has 6 heteroatoms. The van der Waals surface area contributed by atoms with Crippen LogP contribution < -0.4 is 15.8 Å². The molecular formula is C20H28IN3O2. The topological polar surface area (TPSA) is 68.9 Å². The Kier molecular flexibility index (Phi) is 10.0. The van der Waals surface area contributed by atoms with Crippen molar-refractivity contribution in [2.45, 2.75) is 20.0 Å². The Hall–Kier alpha value is -1.80. The Bertz CT molecular complexity index is 690. The van der Waals surface area contributed by atoms with Crippen LogP contribution in [-0.4, -0.2) is 26.7 Å². The van der Waals surface area contributed by atoms with E-state index in [-0.39, 0.29) is 24.0 Å². The monoisotopic (exact) mass is 469 g/mol. The zero-order chi connectivity index (χ0) is 18.1. The highest BCUT2D eigenvalue weighted by molar-refractivity contribution is 14.0. The van der Waals surface area contributed by atoms with Crippen molar-refractivity contribution >= 4 is 35.6 Å². The molecule has 1 unspecified atom stereocenters. The van der Waals surface area contributed by atoms with Crippen molar-refractivity contribution in [3.05, 3.63) is 59.7 Å². The SMILES string of the molecule is COCc1ccccc1NC(N)=NCC(C)Cc1ccc(OC)cc1.I. The molecule has 0 aliphatic carbocycles. The molecule has 1 atom stereocenters. The Morgan fingerprint density at radius 2 is 1.81 bits per heavy atom. The van der Waals surface area contributed by atoms with Crippen LogP contribution in [0.5, 0.6) is 5.75 Å². The first kappa shape index (κ1) is 22.2. The van der Waals surface area contributed by atoms with Crippen molar-refractivity contribution in [2.24, 2.45) is 16.6 Å². The first-order chi connectivity index (χ1) is 12.1. The van der Waals surface area contributed by atoms with Crippen LogP contribution in [0.15, 0.2) is 53.5 Å². The molecule has 26 heavy (non-hydrogen) atoms. The van der Waals surface area contributed by atoms with Crippen molar-refractivity contribution in [3.63, 3.8) is 0 Å². The van der Waals surface area contributed by atoms with E-state index in [0.717, 1.165) is 23.4 Å². The highest BCUT2D eigenvalue weighted by Crippen LogP contribution is 2.16. The molecule has 0 aromatic heterocycles. The summed E-state index contributed by atoms with van der Waals surface area (Å²) in [6.07, 6.45) is 0.945. The number of para-hydroxylation sites is 1. The molecule has 2 aromatic carbocycles. The van der Waals surface area contributed by atoms with E-state index in [1.165, 1.54) is 5.56 Å². The van der Waals surface area contributed by atoms with E-state index in [2.05, 4.69) is 29.4 Å². The Balaban J connectivity index is 0.00000338. The molecule has 0 saturated carbocycles. The molecule has 0 fully saturated rings. The van der Waals surface area contributed by atoms with Gasteiger partial charge >= 0.3 is 0 Å². The minimum absolute atomic E-state index is 0. The lowest BCUT2D eigenvalue weighted by Crippen LogP contribution is -2.24. The number of nitrogens with two attached hydrogens (primary N) is 1. The zero-order valence-electron chi connectivity index (χ0n) is 15.6. The number of halogens is 1. The van der Waals surface area contributed by atoms with E-state index < -0.39 is 0 Å². The maximum atomic E-state index is 6.03. The third kappa shape index (κ3) is 7.21. The fourth-order valence-electron chi connectivity index (χ4n) is 2.58. The lowest BCUT2D eigenvalue weighted by atomic mass is 10.0. The van der Waals surface area contributed by atoms with Crippen molar-refractivity contribution in [2.75, 3.05) is 26.1 Å². The molecule has 0 spiro atoms. The molecule has 0 bridgehead atoms. The minimum atomic E-state index is 0. The third-order valence-electron chi connectivity index (χ3n) is 3.90. The summed E-state index contributed by atoms with van der Waals surface area (Å²) in [6, 6.07) is 16.0. The summed E-state index contributed by atoms with van der Waals surface area (Å²) in [4.78, 5) is 4.47. The van der Waals surface area contributed by atoms with Gasteiger partial charge in [-0.05, 0) is 36.1 Å². The second-order valence-corrected chi connectivity index (χ2v) is 6.10. The van der Waals surface area contributed by atoms with Gasteiger partial charge in [-0.25, -0.2) is 0 Å². The number of anilines is 1. The van der Waals surface area contributed by atoms with E-state index in [1.807, 2.05) is 36.4 Å². The molecular weight excluding hydrogens is 441 g/mol. The van der Waals surface area contributed by atoms with Crippen LogP contribution in [0.3, 0.4) is 0 Å². The van der Waals surface area contributed by atoms with E-state index in [4.69, 9.17) is 15.2 Å². The molecule has 142 valence electrons. The molecule has 0 saturated heterocycles. The summed E-state index contributed by atoms with van der Waals surface area (Å²) in [5.74, 6) is 1.69. The first-order valence-corrected chi connectivity index (χ1v) is 8.39. The second-order valence-electron chi connectivity index (χ2n) is 6.10. The second kappa shape index (κ2) is 11.7. The summed E-state index contributed by atoms with van der Waals surface area (Å²) in [7, 11) is 3.35. The van der Waals surface area contributed by atoms with Crippen LogP contribution in [0, 0.1) is 5.92 Å². The summed E-state index contributed by atoms with van der Waals surface area (Å²) in [5, 5.41) is 3.16. The molecule has 5 nitrogen and oxygen atoms in total. The summed E-state index contributed by atoms with van der Waals surface area (Å²) in [6.45, 7) is 3.36. The average Bonchev–Trinajstić information content (AvgIpc) is 2.62. The van der Waals surface area contributed by atoms with Crippen LogP contribution in [0.2, 0.25) is 0 Å². The predicted molar refractivity (Wildman–Crippen MR) is 119 cm³/mol. The predicted octanol–water partition coefficient (Wildman–Crippen LogP) is 4.07. The number of guanidine groups is 1. The van der Waals surface area contributed by atoms with Crippen LogP contribution in [0.25, 0.3) is 0 Å². The average molecular weight is 469 g/mol. The number of benzene rings is 2. The number of nitrogens with zero attached hydrogens (tertiary/aromatic N) is 1. The van der Waals surface area contributed by atoms with E-state index in [0.29, 0.717) is 25.0 Å². The number of hydrogen-bond donors (Lipinski definition) is 2. The Labute approximate surface area is 173 Å². The number of methoxy groups -OCH3 is 2. The molecule has 0 aliphatic heterocycles. The highest BCUT2D eigenvalue weighted by atomic mass is 127. The largest absolute Gasteiger partial charge is 0.497 e. The van der Waals surface area contributed by atoms with E-state index >= 15 is 0 Å². The van der Waals surface area contributed by atoms with Gasteiger partial charge in [0.1, 0.15) is 5.75 Å². The molecule has 2 rings (SSSR count). The van der Waals surface area contributed by atoms with Gasteiger partial charge in [0.15, 0.2) is 5.96 Å². The van der Waals surface area contributed by atoms with Crippen LogP contribution in [0.1, 0.15) is 18.1 Å². The van der Waals surface area contributed by atoms with E-state index in [9.17, 15) is 0 Å². The van der Waals surface area contributed by atoms with Gasteiger partial charge < -0.3 is 20.5 Å². The number of hydrogen-bond acceptors (Lipinski definition) is 3. The number of rotatable bonds is 8. The van der Waals surface area contributed by atoms with Crippen LogP contribution in [0.4, 0.5) is 5.69 Å². The summed E-state index contributed by atoms with van der Waals surface area (Å²) < 4.78 is 10.4. The maximum absolute atomic E-state index is 6.03. The first-order valence-electron chi connectivity index (χ1n) is 8.39. The van der Waals surface area contributed by atoms with Gasteiger partial charge in [-0.2, -0.15) is 0 Å². The zero-order valence-corrected chi connectivity index (χ0v) is 17.9. The fourth-order valence-corrected chi connectivity index (χ4v) is 2.58. The third-order valence-corrected chi connectivity index (χ3v) is 3.90. The van der Waals surface area contributed by atoms with Gasteiger partial charge in [0.2, 0.25) is 0 Å². The fraction of sp³-hybridized carbons (Fsp3) is 0.350. The van der Waals surface area contributed by atoms with Gasteiger partial charge in [-0.1, -0.05) is 37.3 Å². The van der Waals surface area contributed by atoms with Gasteiger partial charge in [0.05, 0.1) is 13.7 Å². The lowest BCUT2D eigenvalue weighted by molar-refractivity contribution is 0.185. The van der Waals surface area contributed by atoms with Crippen molar-refractivity contribution in [1.29, 1.82) is 0 Å². The number of aliphatic imine (C=N–C) groups is 1. The van der Waals surface area contributed by atoms with Gasteiger partial charge in [-0.3, -0.25) is 4.99 Å². The molecule has 0 heterocycles. The van der Waals surface area contributed by atoms with Gasteiger partial charge in [0, 0.05) is 24.9 Å². The summed E-state index contributed by atoms with van der Waals surface area (Å²) in [5.41, 5.74) is 9.27. The van der Waals surface area contributed by atoms with Crippen molar-refractivity contribution < 1.29 is 9.47 Å². The number of nitrogens with one attached hydrogen (secondary N) is 1. The van der Waals surface area contributed by atoms with Crippen LogP contribution in [-0.2, 0) is 17.8 Å². The quantitative estimate of drug-likeness (QED) is 0.348. The maximum Gasteiger partial charge on any atom is 0.193 e. The normalized spacial score (nSPS) is 12.2. The molecule has 0 aliphatic rings. The molecule has 3 N–H and O–H groups in total. The Morgan fingerprint density at radius 3 is 2.46 bits per heavy atom. The van der Waals surface area contributed by atoms with Crippen LogP contribution >= 0.6 is 24.0 Å². The lowest BCUT2D eigenvalue weighted by Gasteiger charge is -2.13. The van der Waals surface area contributed by atoms with Crippen molar-refractivity contribution in [3.8, 4) is 5.75 Å². The van der Waals surface area contributed by atoms with E-state index in [1.54, 1.807) is 14.2 Å². The van der Waals surface area contributed by atoms with Crippen molar-refractivity contribution in [1.82, 2.24) is 0 Å².